The highest BCUT2D eigenvalue weighted by molar-refractivity contribution is 9.10. The molecule has 0 atom stereocenters. The summed E-state index contributed by atoms with van der Waals surface area (Å²) in [6.45, 7) is 0.773. The number of hydrogen-bond donors (Lipinski definition) is 3. The number of carbonyl (C=O) groups is 3. The molecule has 0 radical (unpaired) electrons. The van der Waals surface area contributed by atoms with Crippen LogP contribution in [-0.2, 0) is 20.8 Å². The summed E-state index contributed by atoms with van der Waals surface area (Å²) in [5.74, 6) is -2.84. The number of aryl methyl sites for hydroxylation is 1. The molecule has 8 heteroatoms. The van der Waals surface area contributed by atoms with Gasteiger partial charge in [-0.15, -0.1) is 0 Å². The maximum absolute atomic E-state index is 12.0. The molecule has 0 heterocycles. The van der Waals surface area contributed by atoms with Crippen LogP contribution in [0.1, 0.15) is 25.3 Å². The molecule has 132 valence electrons. The van der Waals surface area contributed by atoms with Gasteiger partial charge in [-0.05, 0) is 30.5 Å². The number of benzene rings is 1. The zero-order valence-corrected chi connectivity index (χ0v) is 15.0. The Hall–Kier alpha value is -1.93. The van der Waals surface area contributed by atoms with E-state index in [0.717, 1.165) is 34.2 Å². The van der Waals surface area contributed by atoms with Crippen LogP contribution < -0.4 is 5.32 Å². The van der Waals surface area contributed by atoms with Crippen LogP contribution in [0.25, 0.3) is 0 Å². The van der Waals surface area contributed by atoms with Gasteiger partial charge in [-0.2, -0.15) is 0 Å². The molecule has 0 aromatic heterocycles. The Morgan fingerprint density at radius 2 is 1.75 bits per heavy atom. The maximum atomic E-state index is 12.0. The number of carboxylic acids is 2. The fourth-order valence-corrected chi connectivity index (χ4v) is 2.73. The van der Waals surface area contributed by atoms with E-state index in [9.17, 15) is 14.4 Å². The van der Waals surface area contributed by atoms with E-state index >= 15 is 0 Å². The molecule has 24 heavy (non-hydrogen) atoms. The van der Waals surface area contributed by atoms with Crippen LogP contribution in [-0.4, -0.2) is 52.6 Å². The molecule has 0 unspecified atom stereocenters. The van der Waals surface area contributed by atoms with E-state index in [0.29, 0.717) is 5.69 Å². The van der Waals surface area contributed by atoms with Gasteiger partial charge in [0.2, 0.25) is 5.91 Å². The van der Waals surface area contributed by atoms with E-state index in [1.807, 2.05) is 6.07 Å². The van der Waals surface area contributed by atoms with Gasteiger partial charge in [-0.1, -0.05) is 35.3 Å². The van der Waals surface area contributed by atoms with Crippen LogP contribution in [0.15, 0.2) is 22.7 Å². The van der Waals surface area contributed by atoms with Crippen LogP contribution in [0, 0.1) is 0 Å². The van der Waals surface area contributed by atoms with Gasteiger partial charge >= 0.3 is 11.9 Å². The minimum absolute atomic E-state index is 0.312. The number of carbonyl (C=O) groups excluding carboxylic acids is 1. The summed E-state index contributed by atoms with van der Waals surface area (Å²) in [5.41, 5.74) is 1.71. The third kappa shape index (κ3) is 7.56. The van der Waals surface area contributed by atoms with Crippen LogP contribution in [0.5, 0.6) is 0 Å². The molecular weight excluding hydrogens is 380 g/mol. The van der Waals surface area contributed by atoms with Crippen molar-refractivity contribution in [1.82, 2.24) is 4.90 Å². The highest BCUT2D eigenvalue weighted by atomic mass is 79.9. The summed E-state index contributed by atoms with van der Waals surface area (Å²) in [6, 6.07) is 5.47. The summed E-state index contributed by atoms with van der Waals surface area (Å²) < 4.78 is 0.890. The van der Waals surface area contributed by atoms with Gasteiger partial charge in [0, 0.05) is 10.2 Å². The number of nitrogens with zero attached hydrogens (tertiary/aromatic N) is 1. The molecule has 0 saturated carbocycles. The molecule has 1 rings (SSSR count). The molecule has 7 nitrogen and oxygen atoms in total. The zero-order chi connectivity index (χ0) is 18.1. The van der Waals surface area contributed by atoms with E-state index in [-0.39, 0.29) is 6.54 Å². The second kappa shape index (κ2) is 10.0. The minimum atomic E-state index is -1.19. The Kier molecular flexibility index (Phi) is 8.42. The number of rotatable bonds is 10. The molecule has 0 aliphatic carbocycles. The second-order valence-electron chi connectivity index (χ2n) is 5.39. The monoisotopic (exact) mass is 400 g/mol. The van der Waals surface area contributed by atoms with Crippen molar-refractivity contribution in [2.24, 2.45) is 0 Å². The van der Waals surface area contributed by atoms with Gasteiger partial charge in [-0.3, -0.25) is 19.3 Å². The molecule has 0 saturated heterocycles. The molecular formula is C16H21BrN2O5. The SMILES string of the molecule is CCCCc1ccc(NC(=O)CN(CC(=O)O)CC(=O)O)cc1Br. The van der Waals surface area contributed by atoms with Crippen LogP contribution in [0.4, 0.5) is 5.69 Å². The van der Waals surface area contributed by atoms with Crippen molar-refractivity contribution in [1.29, 1.82) is 0 Å². The quantitative estimate of drug-likeness (QED) is 0.555. The lowest BCUT2D eigenvalue weighted by molar-refractivity contribution is -0.142. The normalized spacial score (nSPS) is 10.6. The minimum Gasteiger partial charge on any atom is -0.480 e. The number of anilines is 1. The van der Waals surface area contributed by atoms with E-state index in [1.54, 1.807) is 12.1 Å². The summed E-state index contributed by atoms with van der Waals surface area (Å²) in [4.78, 5) is 34.5. The molecule has 0 aliphatic heterocycles. The average Bonchev–Trinajstić information content (AvgIpc) is 2.44. The van der Waals surface area contributed by atoms with Crippen LogP contribution >= 0.6 is 15.9 Å². The van der Waals surface area contributed by atoms with Crippen LogP contribution in [0.3, 0.4) is 0 Å². The third-order valence-corrected chi connectivity index (χ3v) is 3.96. The van der Waals surface area contributed by atoms with Gasteiger partial charge in [0.1, 0.15) is 0 Å². The highest BCUT2D eigenvalue weighted by Gasteiger charge is 2.17. The first-order chi connectivity index (χ1) is 11.3. The number of nitrogens with one attached hydrogen (secondary N) is 1. The van der Waals surface area contributed by atoms with Gasteiger partial charge < -0.3 is 15.5 Å². The van der Waals surface area contributed by atoms with Crippen molar-refractivity contribution >= 4 is 39.5 Å². The molecule has 0 aliphatic rings. The number of aliphatic carboxylic acids is 2. The number of hydrogen-bond acceptors (Lipinski definition) is 4. The zero-order valence-electron chi connectivity index (χ0n) is 13.4. The summed E-state index contributed by atoms with van der Waals surface area (Å²) in [6.07, 6.45) is 3.11. The van der Waals surface area contributed by atoms with E-state index < -0.39 is 30.9 Å². The van der Waals surface area contributed by atoms with Crippen molar-refractivity contribution in [3.63, 3.8) is 0 Å². The summed E-state index contributed by atoms with van der Waals surface area (Å²) in [5, 5.41) is 20.2. The fraction of sp³-hybridized carbons (Fsp3) is 0.438. The summed E-state index contributed by atoms with van der Waals surface area (Å²) >= 11 is 3.47. The van der Waals surface area contributed by atoms with Gasteiger partial charge in [0.15, 0.2) is 0 Å². The van der Waals surface area contributed by atoms with Gasteiger partial charge in [0.25, 0.3) is 0 Å². The Balaban J connectivity index is 2.66. The molecule has 1 aromatic rings. The molecule has 0 bridgehead atoms. The van der Waals surface area contributed by atoms with Gasteiger partial charge in [-0.25, -0.2) is 0 Å². The Morgan fingerprint density at radius 1 is 1.12 bits per heavy atom. The fourth-order valence-electron chi connectivity index (χ4n) is 2.15. The van der Waals surface area contributed by atoms with Crippen LogP contribution in [0.2, 0.25) is 0 Å². The lowest BCUT2D eigenvalue weighted by Crippen LogP contribution is -2.40. The van der Waals surface area contributed by atoms with Crippen molar-refractivity contribution in [3.05, 3.63) is 28.2 Å². The van der Waals surface area contributed by atoms with Crippen molar-refractivity contribution in [2.75, 3.05) is 25.0 Å². The number of carboxylic acid groups (broad SMARTS) is 2. The molecule has 0 fully saturated rings. The van der Waals surface area contributed by atoms with E-state index in [1.165, 1.54) is 0 Å². The Bertz CT molecular complexity index is 590. The first-order valence-electron chi connectivity index (χ1n) is 7.56. The Labute approximate surface area is 148 Å². The largest absolute Gasteiger partial charge is 0.480 e. The predicted octanol–water partition coefficient (Wildman–Crippen LogP) is 2.20. The second-order valence-corrected chi connectivity index (χ2v) is 6.24. The summed E-state index contributed by atoms with van der Waals surface area (Å²) in [7, 11) is 0. The maximum Gasteiger partial charge on any atom is 0.317 e. The Morgan fingerprint density at radius 3 is 2.25 bits per heavy atom. The topological polar surface area (TPSA) is 107 Å². The number of unbranched alkanes of at least 4 members (excludes halogenated alkanes) is 1. The first-order valence-corrected chi connectivity index (χ1v) is 8.35. The number of amides is 1. The van der Waals surface area contributed by atoms with Gasteiger partial charge in [0.05, 0.1) is 19.6 Å². The highest BCUT2D eigenvalue weighted by Crippen LogP contribution is 2.23. The molecule has 1 amide bonds. The molecule has 3 N–H and O–H groups in total. The lowest BCUT2D eigenvalue weighted by atomic mass is 10.1. The van der Waals surface area contributed by atoms with Crippen molar-refractivity contribution in [3.8, 4) is 0 Å². The molecule has 0 spiro atoms. The predicted molar refractivity (Wildman–Crippen MR) is 93.1 cm³/mol. The van der Waals surface area contributed by atoms with E-state index in [4.69, 9.17) is 10.2 Å². The smallest absolute Gasteiger partial charge is 0.317 e. The number of halogens is 1. The third-order valence-electron chi connectivity index (χ3n) is 3.22. The van der Waals surface area contributed by atoms with Crippen molar-refractivity contribution in [2.45, 2.75) is 26.2 Å². The standard InChI is InChI=1S/C16H21BrN2O5/c1-2-3-4-11-5-6-12(7-13(11)17)18-14(20)8-19(9-15(21)22)10-16(23)24/h5-7H,2-4,8-10H2,1H3,(H,18,20)(H,21,22)(H,23,24). The first kappa shape index (κ1) is 20.1. The molecule has 1 aromatic carbocycles. The van der Waals surface area contributed by atoms with E-state index in [2.05, 4.69) is 28.2 Å². The van der Waals surface area contributed by atoms with Crippen molar-refractivity contribution < 1.29 is 24.6 Å². The lowest BCUT2D eigenvalue weighted by Gasteiger charge is -2.17. The average molecular weight is 401 g/mol.